The van der Waals surface area contributed by atoms with Crippen molar-refractivity contribution in [2.75, 3.05) is 0 Å². The van der Waals surface area contributed by atoms with Crippen molar-refractivity contribution in [3.8, 4) is 0 Å². The summed E-state index contributed by atoms with van der Waals surface area (Å²) in [6, 6.07) is 9.48. The van der Waals surface area contributed by atoms with Crippen LogP contribution in [0.4, 0.5) is 0 Å². The minimum Gasteiger partial charge on any atom is -0.392 e. The molecule has 0 amide bonds. The number of ether oxygens (including phenoxy) is 1. The Bertz CT molecular complexity index is 546. The first-order valence-electron chi connectivity index (χ1n) is 6.08. The van der Waals surface area contributed by atoms with Gasteiger partial charge in [0, 0.05) is 0 Å². The normalized spacial score (nSPS) is 34.3. The third kappa shape index (κ3) is 1.14. The van der Waals surface area contributed by atoms with Gasteiger partial charge in [-0.15, -0.1) is 0 Å². The molecule has 3 rings (SSSR count). The van der Waals surface area contributed by atoms with E-state index in [-0.39, 0.29) is 0 Å². The topological polar surface area (TPSA) is 43.4 Å². The summed E-state index contributed by atoms with van der Waals surface area (Å²) >= 11 is 0. The second-order valence-electron chi connectivity index (χ2n) is 5.16. The Labute approximate surface area is 105 Å². The molecule has 0 saturated carbocycles. The molecule has 3 nitrogen and oxygen atoms in total. The van der Waals surface area contributed by atoms with Crippen molar-refractivity contribution in [1.82, 2.24) is 0 Å². The molecule has 1 aliphatic carbocycles. The molecule has 18 heavy (non-hydrogen) atoms. The summed E-state index contributed by atoms with van der Waals surface area (Å²) in [6.07, 6.45) is 5.00. The number of carbonyl (C=O) groups excluding carboxylic acids is 2. The van der Waals surface area contributed by atoms with Gasteiger partial charge in [0.2, 0.25) is 0 Å². The van der Waals surface area contributed by atoms with Gasteiger partial charge in [-0.25, -0.2) is 0 Å². The highest BCUT2D eigenvalue weighted by Gasteiger charge is 2.66. The van der Waals surface area contributed by atoms with Gasteiger partial charge in [-0.2, -0.15) is 0 Å². The fraction of sp³-hybridized carbons (Fsp3) is 0.333. The fourth-order valence-electron chi connectivity index (χ4n) is 3.11. The molecule has 0 unspecified atom stereocenters. The lowest BCUT2D eigenvalue weighted by molar-refractivity contribution is -0.155. The van der Waals surface area contributed by atoms with Gasteiger partial charge in [0.05, 0.1) is 5.41 Å². The standard InChI is InChI=1S/C15H14O3/c1-14-9-5-6-10-15(14,13(17)18-12(14)16)11-7-3-2-4-8-11/h2-8H,9-10H2,1H3/t14-,15-/m0/s1. The Balaban J connectivity index is 2.26. The minimum atomic E-state index is -0.847. The number of esters is 2. The zero-order valence-electron chi connectivity index (χ0n) is 10.2. The van der Waals surface area contributed by atoms with Crippen LogP contribution in [0, 0.1) is 5.41 Å². The molecule has 1 fully saturated rings. The van der Waals surface area contributed by atoms with E-state index in [1.165, 1.54) is 0 Å². The van der Waals surface area contributed by atoms with E-state index in [0.29, 0.717) is 12.8 Å². The molecular weight excluding hydrogens is 228 g/mol. The van der Waals surface area contributed by atoms with Crippen molar-refractivity contribution in [3.63, 3.8) is 0 Å². The number of carbonyl (C=O) groups is 2. The number of hydrogen-bond donors (Lipinski definition) is 0. The number of allylic oxidation sites excluding steroid dienone is 2. The quantitative estimate of drug-likeness (QED) is 0.431. The van der Waals surface area contributed by atoms with Crippen molar-refractivity contribution < 1.29 is 14.3 Å². The predicted molar refractivity (Wildman–Crippen MR) is 65.7 cm³/mol. The van der Waals surface area contributed by atoms with E-state index in [1.54, 1.807) is 0 Å². The number of cyclic esters (lactones) is 2. The number of benzene rings is 1. The van der Waals surface area contributed by atoms with Crippen LogP contribution in [-0.4, -0.2) is 11.9 Å². The van der Waals surface area contributed by atoms with Crippen LogP contribution in [0.5, 0.6) is 0 Å². The van der Waals surface area contributed by atoms with Crippen LogP contribution in [0.1, 0.15) is 25.3 Å². The first kappa shape index (κ1) is 11.2. The molecule has 0 aromatic heterocycles. The van der Waals surface area contributed by atoms with Gasteiger partial charge >= 0.3 is 11.9 Å². The number of rotatable bonds is 1. The van der Waals surface area contributed by atoms with Gasteiger partial charge in [-0.05, 0) is 25.3 Å². The van der Waals surface area contributed by atoms with Crippen LogP contribution in [0.25, 0.3) is 0 Å². The van der Waals surface area contributed by atoms with Crippen molar-refractivity contribution >= 4 is 11.9 Å². The maximum atomic E-state index is 12.3. The molecule has 0 spiro atoms. The predicted octanol–water partition coefficient (Wildman–Crippen LogP) is 2.36. The van der Waals surface area contributed by atoms with Gasteiger partial charge < -0.3 is 4.74 Å². The van der Waals surface area contributed by atoms with Crippen LogP contribution in [0.15, 0.2) is 42.5 Å². The SMILES string of the molecule is C[C@@]12CC=CC[C@]1(c1ccccc1)C(=O)OC2=O. The van der Waals surface area contributed by atoms with Crippen molar-refractivity contribution in [2.24, 2.45) is 5.41 Å². The molecule has 1 saturated heterocycles. The summed E-state index contributed by atoms with van der Waals surface area (Å²) in [5, 5.41) is 0. The largest absolute Gasteiger partial charge is 0.392 e. The molecule has 0 radical (unpaired) electrons. The second-order valence-corrected chi connectivity index (χ2v) is 5.16. The van der Waals surface area contributed by atoms with E-state index in [2.05, 4.69) is 0 Å². The highest BCUT2D eigenvalue weighted by Crippen LogP contribution is 2.55. The molecule has 1 heterocycles. The summed E-state index contributed by atoms with van der Waals surface area (Å²) in [5.74, 6) is -0.814. The van der Waals surface area contributed by atoms with Crippen LogP contribution in [-0.2, 0) is 19.7 Å². The Morgan fingerprint density at radius 3 is 2.39 bits per heavy atom. The average Bonchev–Trinajstić information content (AvgIpc) is 2.59. The lowest BCUT2D eigenvalue weighted by Gasteiger charge is -2.39. The number of fused-ring (bicyclic) bond motifs is 1. The third-order valence-corrected chi connectivity index (χ3v) is 4.31. The molecular formula is C15H14O3. The molecule has 1 aromatic rings. The summed E-state index contributed by atoms with van der Waals surface area (Å²) in [6.45, 7) is 1.83. The summed E-state index contributed by atoms with van der Waals surface area (Å²) in [7, 11) is 0. The van der Waals surface area contributed by atoms with E-state index < -0.39 is 22.8 Å². The maximum Gasteiger partial charge on any atom is 0.325 e. The Morgan fingerprint density at radius 1 is 1.00 bits per heavy atom. The average molecular weight is 242 g/mol. The van der Waals surface area contributed by atoms with Gasteiger partial charge in [0.25, 0.3) is 0 Å². The summed E-state index contributed by atoms with van der Waals surface area (Å²) in [4.78, 5) is 24.3. The number of hydrogen-bond acceptors (Lipinski definition) is 3. The monoisotopic (exact) mass is 242 g/mol. The van der Waals surface area contributed by atoms with Gasteiger partial charge in [0.1, 0.15) is 5.41 Å². The second kappa shape index (κ2) is 3.55. The molecule has 3 heteroatoms. The van der Waals surface area contributed by atoms with Crippen molar-refractivity contribution in [2.45, 2.75) is 25.2 Å². The smallest absolute Gasteiger partial charge is 0.325 e. The van der Waals surface area contributed by atoms with E-state index in [1.807, 2.05) is 49.4 Å². The van der Waals surface area contributed by atoms with Crippen molar-refractivity contribution in [1.29, 1.82) is 0 Å². The molecule has 2 aliphatic rings. The molecule has 92 valence electrons. The molecule has 0 bridgehead atoms. The van der Waals surface area contributed by atoms with Gasteiger partial charge in [-0.3, -0.25) is 9.59 Å². The van der Waals surface area contributed by atoms with Crippen LogP contribution < -0.4 is 0 Å². The third-order valence-electron chi connectivity index (χ3n) is 4.31. The molecule has 1 aromatic carbocycles. The zero-order valence-corrected chi connectivity index (χ0v) is 10.2. The van der Waals surface area contributed by atoms with Crippen LogP contribution in [0.3, 0.4) is 0 Å². The fourth-order valence-corrected chi connectivity index (χ4v) is 3.11. The van der Waals surface area contributed by atoms with Crippen LogP contribution >= 0.6 is 0 Å². The van der Waals surface area contributed by atoms with Crippen LogP contribution in [0.2, 0.25) is 0 Å². The maximum absolute atomic E-state index is 12.3. The van der Waals surface area contributed by atoms with E-state index in [4.69, 9.17) is 4.74 Å². The highest BCUT2D eigenvalue weighted by atomic mass is 16.6. The molecule has 0 N–H and O–H groups in total. The van der Waals surface area contributed by atoms with E-state index >= 15 is 0 Å². The zero-order chi connectivity index (χ0) is 12.8. The molecule has 2 atom stereocenters. The summed E-state index contributed by atoms with van der Waals surface area (Å²) in [5.41, 5.74) is -0.756. The lowest BCUT2D eigenvalue weighted by Crippen LogP contribution is -2.47. The van der Waals surface area contributed by atoms with Crippen molar-refractivity contribution in [3.05, 3.63) is 48.0 Å². The Hall–Kier alpha value is -1.90. The molecule has 1 aliphatic heterocycles. The highest BCUT2D eigenvalue weighted by molar-refractivity contribution is 6.05. The van der Waals surface area contributed by atoms with E-state index in [0.717, 1.165) is 5.56 Å². The van der Waals surface area contributed by atoms with Gasteiger partial charge in [0.15, 0.2) is 0 Å². The Morgan fingerprint density at radius 2 is 1.67 bits per heavy atom. The summed E-state index contributed by atoms with van der Waals surface area (Å²) < 4.78 is 4.95. The Kier molecular flexibility index (Phi) is 2.21. The van der Waals surface area contributed by atoms with Gasteiger partial charge in [-0.1, -0.05) is 42.5 Å². The minimum absolute atomic E-state index is 0.402. The van der Waals surface area contributed by atoms with E-state index in [9.17, 15) is 9.59 Å². The first-order valence-corrected chi connectivity index (χ1v) is 6.08. The lowest BCUT2D eigenvalue weighted by atomic mass is 9.57. The first-order chi connectivity index (χ1) is 8.61.